The fraction of sp³-hybridized carbons (Fsp3) is 0.167. The SMILES string of the molecule is COc1cc(Cl)ccc1C(Br)c1sccc1Cl. The van der Waals surface area contributed by atoms with Gasteiger partial charge in [0, 0.05) is 15.5 Å². The average Bonchev–Trinajstić information content (AvgIpc) is 2.74. The summed E-state index contributed by atoms with van der Waals surface area (Å²) in [5.41, 5.74) is 1.02. The Balaban J connectivity index is 2.44. The number of thiophene rings is 1. The first-order chi connectivity index (χ1) is 8.13. The largest absolute Gasteiger partial charge is 0.496 e. The van der Waals surface area contributed by atoms with Crippen molar-refractivity contribution < 1.29 is 4.74 Å². The number of hydrogen-bond acceptors (Lipinski definition) is 2. The molecule has 0 aliphatic heterocycles. The molecule has 1 aromatic heterocycles. The molecule has 0 radical (unpaired) electrons. The molecule has 1 atom stereocenters. The van der Waals surface area contributed by atoms with Gasteiger partial charge in [0.25, 0.3) is 0 Å². The van der Waals surface area contributed by atoms with E-state index in [0.29, 0.717) is 5.02 Å². The first-order valence-electron chi connectivity index (χ1n) is 4.84. The third-order valence-electron chi connectivity index (χ3n) is 2.34. The van der Waals surface area contributed by atoms with E-state index < -0.39 is 0 Å². The second-order valence-electron chi connectivity index (χ2n) is 3.38. The second-order valence-corrected chi connectivity index (χ2v) is 6.09. The lowest BCUT2D eigenvalue weighted by Crippen LogP contribution is -1.95. The predicted octanol–water partition coefficient (Wildman–Crippen LogP) is 5.55. The number of hydrogen-bond donors (Lipinski definition) is 0. The van der Waals surface area contributed by atoms with Crippen LogP contribution in [0, 0.1) is 0 Å². The van der Waals surface area contributed by atoms with Crippen LogP contribution >= 0.6 is 50.5 Å². The van der Waals surface area contributed by atoms with Crippen molar-refractivity contribution in [3.63, 3.8) is 0 Å². The maximum atomic E-state index is 6.12. The van der Waals surface area contributed by atoms with Gasteiger partial charge in [0.2, 0.25) is 0 Å². The van der Waals surface area contributed by atoms with Crippen LogP contribution in [0.5, 0.6) is 5.75 Å². The zero-order valence-corrected chi connectivity index (χ0v) is 12.8. The van der Waals surface area contributed by atoms with Gasteiger partial charge in [-0.15, -0.1) is 11.3 Å². The van der Waals surface area contributed by atoms with Crippen LogP contribution in [-0.2, 0) is 0 Å². The van der Waals surface area contributed by atoms with E-state index >= 15 is 0 Å². The Kier molecular flexibility index (Phi) is 4.36. The molecule has 0 N–H and O–H groups in total. The van der Waals surface area contributed by atoms with E-state index in [1.807, 2.05) is 23.6 Å². The third kappa shape index (κ3) is 2.79. The van der Waals surface area contributed by atoms with Crippen LogP contribution in [0.2, 0.25) is 10.0 Å². The second kappa shape index (κ2) is 5.61. The van der Waals surface area contributed by atoms with Crippen molar-refractivity contribution in [1.82, 2.24) is 0 Å². The molecule has 0 amide bonds. The van der Waals surface area contributed by atoms with Gasteiger partial charge in [0.1, 0.15) is 5.75 Å². The van der Waals surface area contributed by atoms with Crippen molar-refractivity contribution >= 4 is 50.5 Å². The molecule has 1 unspecified atom stereocenters. The molecule has 0 aliphatic rings. The Labute approximate surface area is 122 Å². The van der Waals surface area contributed by atoms with Gasteiger partial charge in [-0.2, -0.15) is 0 Å². The van der Waals surface area contributed by atoms with Crippen LogP contribution in [-0.4, -0.2) is 7.11 Å². The van der Waals surface area contributed by atoms with E-state index in [0.717, 1.165) is 21.2 Å². The van der Waals surface area contributed by atoms with Crippen LogP contribution < -0.4 is 4.74 Å². The van der Waals surface area contributed by atoms with Crippen molar-refractivity contribution in [2.24, 2.45) is 0 Å². The summed E-state index contributed by atoms with van der Waals surface area (Å²) in [6.07, 6.45) is 0. The highest BCUT2D eigenvalue weighted by Gasteiger charge is 2.19. The molecule has 0 aliphatic carbocycles. The van der Waals surface area contributed by atoms with Crippen LogP contribution in [0.3, 0.4) is 0 Å². The number of ether oxygens (including phenoxy) is 1. The van der Waals surface area contributed by atoms with Crippen molar-refractivity contribution in [3.05, 3.63) is 50.1 Å². The first kappa shape index (κ1) is 13.2. The van der Waals surface area contributed by atoms with Crippen LogP contribution in [0.15, 0.2) is 29.6 Å². The van der Waals surface area contributed by atoms with E-state index in [1.54, 1.807) is 24.5 Å². The molecule has 1 aromatic carbocycles. The standard InChI is InChI=1S/C12H9BrCl2OS/c1-16-10-6-7(14)2-3-8(10)11(13)12-9(15)4-5-17-12/h2-6,11H,1H3. The summed E-state index contributed by atoms with van der Waals surface area (Å²) in [6.45, 7) is 0. The molecule has 0 spiro atoms. The van der Waals surface area contributed by atoms with E-state index in [-0.39, 0.29) is 4.83 Å². The lowest BCUT2D eigenvalue weighted by atomic mass is 10.1. The fourth-order valence-corrected chi connectivity index (χ4v) is 3.92. The molecule has 90 valence electrons. The topological polar surface area (TPSA) is 9.23 Å². The van der Waals surface area contributed by atoms with Gasteiger partial charge in [-0.3, -0.25) is 0 Å². The zero-order chi connectivity index (χ0) is 12.4. The minimum absolute atomic E-state index is 0.0159. The molecule has 2 aromatic rings. The minimum Gasteiger partial charge on any atom is -0.496 e. The molecule has 5 heteroatoms. The molecule has 0 saturated heterocycles. The van der Waals surface area contributed by atoms with Crippen molar-refractivity contribution in [2.75, 3.05) is 7.11 Å². The molecule has 0 saturated carbocycles. The summed E-state index contributed by atoms with van der Waals surface area (Å²) >= 11 is 17.3. The number of rotatable bonds is 3. The van der Waals surface area contributed by atoms with Crippen molar-refractivity contribution in [1.29, 1.82) is 0 Å². The highest BCUT2D eigenvalue weighted by atomic mass is 79.9. The summed E-state index contributed by atoms with van der Waals surface area (Å²) in [4.78, 5) is 1.08. The number of alkyl halides is 1. The Morgan fingerprint density at radius 1 is 1.29 bits per heavy atom. The van der Waals surface area contributed by atoms with Gasteiger partial charge in [-0.25, -0.2) is 0 Å². The number of benzene rings is 1. The normalized spacial score (nSPS) is 12.5. The molecular formula is C12H9BrCl2OS. The summed E-state index contributed by atoms with van der Waals surface area (Å²) in [5.74, 6) is 0.754. The summed E-state index contributed by atoms with van der Waals surface area (Å²) in [6, 6.07) is 7.47. The number of halogens is 3. The van der Waals surface area contributed by atoms with E-state index in [9.17, 15) is 0 Å². The van der Waals surface area contributed by atoms with Crippen molar-refractivity contribution in [3.8, 4) is 5.75 Å². The predicted molar refractivity (Wildman–Crippen MR) is 78.1 cm³/mol. The molecule has 1 nitrogen and oxygen atoms in total. The van der Waals surface area contributed by atoms with Gasteiger partial charge in [-0.1, -0.05) is 45.2 Å². The Hall–Kier alpha value is -0.220. The van der Waals surface area contributed by atoms with Gasteiger partial charge in [-0.05, 0) is 23.6 Å². The molecule has 0 fully saturated rings. The van der Waals surface area contributed by atoms with Gasteiger partial charge in [0.05, 0.1) is 17.0 Å². The lowest BCUT2D eigenvalue weighted by Gasteiger charge is -2.13. The zero-order valence-electron chi connectivity index (χ0n) is 8.91. The maximum absolute atomic E-state index is 6.12. The van der Waals surface area contributed by atoms with Crippen LogP contribution in [0.25, 0.3) is 0 Å². The first-order valence-corrected chi connectivity index (χ1v) is 7.39. The van der Waals surface area contributed by atoms with Crippen molar-refractivity contribution in [2.45, 2.75) is 4.83 Å². The third-order valence-corrected chi connectivity index (χ3v) is 5.26. The van der Waals surface area contributed by atoms with Gasteiger partial charge < -0.3 is 4.74 Å². The van der Waals surface area contributed by atoms with Gasteiger partial charge in [0.15, 0.2) is 0 Å². The molecular weight excluding hydrogens is 343 g/mol. The summed E-state index contributed by atoms with van der Waals surface area (Å²) < 4.78 is 5.33. The van der Waals surface area contributed by atoms with E-state index in [1.165, 1.54) is 0 Å². The molecule has 17 heavy (non-hydrogen) atoms. The summed E-state index contributed by atoms with van der Waals surface area (Å²) in [7, 11) is 1.63. The lowest BCUT2D eigenvalue weighted by molar-refractivity contribution is 0.410. The average molecular weight is 352 g/mol. The fourth-order valence-electron chi connectivity index (χ4n) is 1.52. The van der Waals surface area contributed by atoms with Gasteiger partial charge >= 0.3 is 0 Å². The smallest absolute Gasteiger partial charge is 0.125 e. The minimum atomic E-state index is 0.0159. The van der Waals surface area contributed by atoms with Crippen LogP contribution in [0.1, 0.15) is 15.3 Å². The molecule has 0 bridgehead atoms. The highest BCUT2D eigenvalue weighted by molar-refractivity contribution is 9.09. The Bertz CT molecular complexity index is 527. The maximum Gasteiger partial charge on any atom is 0.125 e. The molecule has 2 rings (SSSR count). The Morgan fingerprint density at radius 3 is 2.65 bits per heavy atom. The highest BCUT2D eigenvalue weighted by Crippen LogP contribution is 2.42. The molecule has 1 heterocycles. The van der Waals surface area contributed by atoms with E-state index in [2.05, 4.69) is 15.9 Å². The van der Waals surface area contributed by atoms with E-state index in [4.69, 9.17) is 27.9 Å². The van der Waals surface area contributed by atoms with Crippen LogP contribution in [0.4, 0.5) is 0 Å². The monoisotopic (exact) mass is 350 g/mol. The number of methoxy groups -OCH3 is 1. The quantitative estimate of drug-likeness (QED) is 0.659. The Morgan fingerprint density at radius 2 is 2.06 bits per heavy atom. The summed E-state index contributed by atoms with van der Waals surface area (Å²) in [5, 5.41) is 3.38.